The number of hydroxylamine groups is 3. The van der Waals surface area contributed by atoms with Gasteiger partial charge < -0.3 is 5.11 Å². The molecular weight excluding hydrogens is 130 g/mol. The zero-order valence-corrected chi connectivity index (χ0v) is 7.04. The molecule has 0 amide bonds. The summed E-state index contributed by atoms with van der Waals surface area (Å²) < 4.78 is -0.0301. The van der Waals surface area contributed by atoms with E-state index in [4.69, 9.17) is 5.11 Å². The average molecular weight is 148 g/mol. The first kappa shape index (κ1) is 9.88. The predicted molar refractivity (Wildman–Crippen MR) is 39.7 cm³/mol. The number of nitrogens with zero attached hydrogens (tertiary/aromatic N) is 1. The van der Waals surface area contributed by atoms with Crippen molar-refractivity contribution in [2.24, 2.45) is 0 Å². The second-order valence-corrected chi connectivity index (χ2v) is 2.76. The number of hydrogen-bond donors (Lipinski definition) is 2. The summed E-state index contributed by atoms with van der Waals surface area (Å²) in [5.41, 5.74) is 0. The first-order valence-corrected chi connectivity index (χ1v) is 3.81. The summed E-state index contributed by atoms with van der Waals surface area (Å²) in [7, 11) is 0. The van der Waals surface area contributed by atoms with Crippen molar-refractivity contribution in [3.05, 3.63) is 0 Å². The van der Waals surface area contributed by atoms with Gasteiger partial charge in [-0.15, -0.1) is 0 Å². The molecule has 3 nitrogen and oxygen atoms in total. The minimum atomic E-state index is -0.426. The molecule has 0 saturated heterocycles. The summed E-state index contributed by atoms with van der Waals surface area (Å²) in [5.74, 6) is 0. The van der Waals surface area contributed by atoms with Crippen LogP contribution < -0.4 is 0 Å². The van der Waals surface area contributed by atoms with Crippen LogP contribution in [0.4, 0.5) is 0 Å². The standard InChI is InChI=1S/C7H18NO2/c1-4-8(10,5-2)6-7(3)9/h7,9-10H,4-6H2,1-3H3/q+1. The number of aliphatic hydroxyl groups excluding tert-OH is 1. The molecule has 10 heavy (non-hydrogen) atoms. The lowest BCUT2D eigenvalue weighted by atomic mass is 10.3. The molecule has 0 saturated carbocycles. The molecule has 0 aromatic rings. The fourth-order valence-electron chi connectivity index (χ4n) is 0.974. The van der Waals surface area contributed by atoms with Crippen LogP contribution in [-0.4, -0.2) is 40.7 Å². The summed E-state index contributed by atoms with van der Waals surface area (Å²) in [6.45, 7) is 7.24. The van der Waals surface area contributed by atoms with Crippen LogP contribution in [-0.2, 0) is 0 Å². The molecular formula is C7H18NO2+. The Balaban J connectivity index is 3.80. The Kier molecular flexibility index (Phi) is 3.86. The quantitative estimate of drug-likeness (QED) is 0.453. The highest BCUT2D eigenvalue weighted by Gasteiger charge is 2.22. The van der Waals surface area contributed by atoms with Crippen molar-refractivity contribution in [3.63, 3.8) is 0 Å². The number of aliphatic hydroxyl groups is 1. The molecule has 1 unspecified atom stereocenters. The van der Waals surface area contributed by atoms with Crippen LogP contribution in [0.3, 0.4) is 0 Å². The second-order valence-electron chi connectivity index (χ2n) is 2.76. The molecule has 3 heteroatoms. The van der Waals surface area contributed by atoms with Crippen LogP contribution in [0.5, 0.6) is 0 Å². The largest absolute Gasteiger partial charge is 0.387 e. The molecule has 1 atom stereocenters. The lowest BCUT2D eigenvalue weighted by Gasteiger charge is -2.28. The van der Waals surface area contributed by atoms with Crippen LogP contribution in [0.1, 0.15) is 20.8 Å². The third-order valence-corrected chi connectivity index (χ3v) is 1.78. The van der Waals surface area contributed by atoms with Crippen molar-refractivity contribution in [1.29, 1.82) is 0 Å². The lowest BCUT2D eigenvalue weighted by molar-refractivity contribution is -1.10. The zero-order chi connectivity index (χ0) is 8.20. The third kappa shape index (κ3) is 3.15. The summed E-state index contributed by atoms with van der Waals surface area (Å²) in [5, 5.41) is 18.6. The van der Waals surface area contributed by atoms with Crippen molar-refractivity contribution >= 4 is 0 Å². The molecule has 0 radical (unpaired) electrons. The maximum atomic E-state index is 9.58. The van der Waals surface area contributed by atoms with Gasteiger partial charge in [-0.3, -0.25) is 0 Å². The Morgan fingerprint density at radius 1 is 1.30 bits per heavy atom. The monoisotopic (exact) mass is 148 g/mol. The van der Waals surface area contributed by atoms with E-state index in [0.29, 0.717) is 19.6 Å². The molecule has 2 N–H and O–H groups in total. The maximum Gasteiger partial charge on any atom is 0.134 e. The predicted octanol–water partition coefficient (Wildman–Crippen LogP) is 0.613. The number of hydrogen-bond acceptors (Lipinski definition) is 2. The summed E-state index contributed by atoms with van der Waals surface area (Å²) in [6, 6.07) is 0. The van der Waals surface area contributed by atoms with Crippen molar-refractivity contribution in [2.45, 2.75) is 26.9 Å². The maximum absolute atomic E-state index is 9.58. The topological polar surface area (TPSA) is 40.5 Å². The van der Waals surface area contributed by atoms with Gasteiger partial charge >= 0.3 is 0 Å². The summed E-state index contributed by atoms with van der Waals surface area (Å²) >= 11 is 0. The SMILES string of the molecule is CC[N+](O)(CC)CC(C)O. The van der Waals surface area contributed by atoms with Gasteiger partial charge in [-0.2, -0.15) is 4.65 Å². The Morgan fingerprint density at radius 2 is 1.70 bits per heavy atom. The fraction of sp³-hybridized carbons (Fsp3) is 1.00. The summed E-state index contributed by atoms with van der Waals surface area (Å²) in [6.07, 6.45) is -0.426. The van der Waals surface area contributed by atoms with Crippen molar-refractivity contribution in [3.8, 4) is 0 Å². The molecule has 0 fully saturated rings. The van der Waals surface area contributed by atoms with Crippen LogP contribution >= 0.6 is 0 Å². The minimum absolute atomic E-state index is 0.0301. The lowest BCUT2D eigenvalue weighted by Crippen LogP contribution is -2.48. The van der Waals surface area contributed by atoms with Gasteiger partial charge in [0.25, 0.3) is 0 Å². The fourth-order valence-corrected chi connectivity index (χ4v) is 0.974. The average Bonchev–Trinajstić information content (AvgIpc) is 1.87. The van der Waals surface area contributed by atoms with Gasteiger partial charge in [0.1, 0.15) is 25.7 Å². The van der Waals surface area contributed by atoms with Gasteiger partial charge in [-0.05, 0) is 20.8 Å². The zero-order valence-electron chi connectivity index (χ0n) is 7.04. The van der Waals surface area contributed by atoms with Gasteiger partial charge in [0, 0.05) is 0 Å². The van der Waals surface area contributed by atoms with Crippen LogP contribution in [0.15, 0.2) is 0 Å². The van der Waals surface area contributed by atoms with E-state index in [9.17, 15) is 5.21 Å². The molecule has 0 bridgehead atoms. The molecule has 0 aliphatic heterocycles. The molecule has 62 valence electrons. The van der Waals surface area contributed by atoms with Crippen LogP contribution in [0.25, 0.3) is 0 Å². The molecule has 0 aliphatic rings. The first-order chi connectivity index (χ1) is 4.54. The first-order valence-electron chi connectivity index (χ1n) is 3.81. The smallest absolute Gasteiger partial charge is 0.134 e. The van der Waals surface area contributed by atoms with E-state index < -0.39 is 6.10 Å². The summed E-state index contributed by atoms with van der Waals surface area (Å²) in [4.78, 5) is 0. The van der Waals surface area contributed by atoms with Gasteiger partial charge in [-0.25, -0.2) is 5.21 Å². The highest BCUT2D eigenvalue weighted by molar-refractivity contribution is 4.40. The second kappa shape index (κ2) is 3.91. The molecule has 0 rings (SSSR count). The van der Waals surface area contributed by atoms with Gasteiger partial charge in [-0.1, -0.05) is 0 Å². The van der Waals surface area contributed by atoms with Crippen molar-refractivity contribution in [2.75, 3.05) is 19.6 Å². The Labute approximate surface area is 62.4 Å². The van der Waals surface area contributed by atoms with Gasteiger partial charge in [0.2, 0.25) is 0 Å². The Morgan fingerprint density at radius 3 is 1.80 bits per heavy atom. The van der Waals surface area contributed by atoms with E-state index in [1.807, 2.05) is 13.8 Å². The molecule has 0 aromatic heterocycles. The molecule has 0 heterocycles. The van der Waals surface area contributed by atoms with Crippen LogP contribution in [0, 0.1) is 0 Å². The van der Waals surface area contributed by atoms with E-state index >= 15 is 0 Å². The highest BCUT2D eigenvalue weighted by Crippen LogP contribution is 2.01. The van der Waals surface area contributed by atoms with E-state index in [-0.39, 0.29) is 4.65 Å². The van der Waals surface area contributed by atoms with E-state index in [1.54, 1.807) is 6.92 Å². The normalized spacial score (nSPS) is 15.3. The minimum Gasteiger partial charge on any atom is -0.387 e. The van der Waals surface area contributed by atoms with E-state index in [1.165, 1.54) is 0 Å². The molecule has 0 spiro atoms. The van der Waals surface area contributed by atoms with Crippen molar-refractivity contribution < 1.29 is 15.0 Å². The molecule has 0 aromatic carbocycles. The number of quaternary nitrogens is 1. The third-order valence-electron chi connectivity index (χ3n) is 1.78. The van der Waals surface area contributed by atoms with Gasteiger partial charge in [0.05, 0.1) is 0 Å². The van der Waals surface area contributed by atoms with Crippen LogP contribution in [0.2, 0.25) is 0 Å². The van der Waals surface area contributed by atoms with E-state index in [0.717, 1.165) is 0 Å². The Hall–Kier alpha value is -0.120. The van der Waals surface area contributed by atoms with Crippen molar-refractivity contribution in [1.82, 2.24) is 0 Å². The molecule has 0 aliphatic carbocycles. The van der Waals surface area contributed by atoms with E-state index in [2.05, 4.69) is 0 Å². The highest BCUT2D eigenvalue weighted by atomic mass is 16.5. The number of likely N-dealkylation sites (N-methyl/N-ethyl adjacent to an activating group) is 1. The van der Waals surface area contributed by atoms with Gasteiger partial charge in [0.15, 0.2) is 0 Å². The number of rotatable bonds is 4. The Bertz CT molecular complexity index is 89.6.